The third-order valence-corrected chi connectivity index (χ3v) is 5.86. The second-order valence-corrected chi connectivity index (χ2v) is 7.50. The Bertz CT molecular complexity index is 771. The Hall–Kier alpha value is -2.35. The lowest BCUT2D eigenvalue weighted by Gasteiger charge is -2.46. The zero-order valence-corrected chi connectivity index (χ0v) is 15.4. The van der Waals surface area contributed by atoms with E-state index in [-0.39, 0.29) is 0 Å². The molecule has 1 aromatic heterocycles. The summed E-state index contributed by atoms with van der Waals surface area (Å²) in [6, 6.07) is 3.64. The minimum atomic E-state index is -3.23. The normalized spacial score (nSPS) is 35.0. The van der Waals surface area contributed by atoms with E-state index in [4.69, 9.17) is 10.6 Å². The number of pyridine rings is 1. The first-order valence-corrected chi connectivity index (χ1v) is 8.84. The largest absolute Gasteiger partial charge is 0.461 e. The maximum absolute atomic E-state index is 14.8. The van der Waals surface area contributed by atoms with Crippen LogP contribution in [0, 0.1) is 30.1 Å². The lowest BCUT2D eigenvalue weighted by molar-refractivity contribution is -0.178. The second kappa shape index (κ2) is 6.67. The van der Waals surface area contributed by atoms with Gasteiger partial charge >= 0.3 is 5.97 Å². The Balaban J connectivity index is 2.06. The van der Waals surface area contributed by atoms with Crippen molar-refractivity contribution in [2.24, 2.45) is 29.0 Å². The van der Waals surface area contributed by atoms with Gasteiger partial charge in [0.2, 0.25) is 0 Å². The number of esters is 1. The molecule has 2 fully saturated rings. The van der Waals surface area contributed by atoms with Gasteiger partial charge in [-0.15, -0.1) is 0 Å². The predicted octanol–water partition coefficient (Wildman–Crippen LogP) is 2.23. The molecule has 1 aliphatic carbocycles. The zero-order valence-electron chi connectivity index (χ0n) is 15.4. The van der Waals surface area contributed by atoms with E-state index in [0.29, 0.717) is 5.69 Å². The van der Waals surface area contributed by atoms with Gasteiger partial charge in [-0.05, 0) is 37.5 Å². The molecule has 1 saturated carbocycles. The topological polar surface area (TPSA) is 94.3 Å². The van der Waals surface area contributed by atoms with Crippen molar-refractivity contribution < 1.29 is 23.1 Å². The van der Waals surface area contributed by atoms with Gasteiger partial charge in [0, 0.05) is 24.5 Å². The van der Waals surface area contributed by atoms with E-state index in [1.807, 2.05) is 18.4 Å². The Morgan fingerprint density at radius 3 is 2.70 bits per heavy atom. The maximum atomic E-state index is 14.8. The van der Waals surface area contributed by atoms with Crippen molar-refractivity contribution in [3.63, 3.8) is 0 Å². The number of ether oxygens (including phenoxy) is 1. The molecule has 3 N–H and O–H groups in total. The molecule has 1 saturated heterocycles. The number of aryl methyl sites for hydroxylation is 1. The molecule has 0 aromatic carbocycles. The number of aromatic nitrogens is 1. The molecule has 5 atom stereocenters. The molecule has 0 spiro atoms. The van der Waals surface area contributed by atoms with Gasteiger partial charge in [0.05, 0.1) is 5.69 Å². The number of fused-ring (bicyclic) bond motifs is 1. The number of hydrazine groups is 1. The molecule has 1 aliphatic heterocycles. The summed E-state index contributed by atoms with van der Waals surface area (Å²) in [5.74, 6) is -2.48. The number of allylic oxidation sites excluding steroid dienone is 1. The fourth-order valence-corrected chi connectivity index (χ4v) is 4.37. The van der Waals surface area contributed by atoms with Gasteiger partial charge in [-0.2, -0.15) is 0 Å². The highest BCUT2D eigenvalue weighted by Crippen LogP contribution is 2.59. The van der Waals surface area contributed by atoms with Crippen LogP contribution in [0.1, 0.15) is 31.5 Å². The quantitative estimate of drug-likeness (QED) is 0.276. The molecule has 1 amide bonds. The minimum Gasteiger partial charge on any atom is -0.461 e. The number of cyclic esters (lactones) is 1. The molecular formula is C19H23F2N3O3. The fraction of sp³-hybridized carbons (Fsp3) is 0.526. The third kappa shape index (κ3) is 3.01. The summed E-state index contributed by atoms with van der Waals surface area (Å²) in [6.07, 6.45) is 3.33. The molecule has 8 heteroatoms. The Labute approximate surface area is 156 Å². The molecule has 2 aliphatic rings. The van der Waals surface area contributed by atoms with Crippen LogP contribution in [-0.4, -0.2) is 28.9 Å². The average molecular weight is 379 g/mol. The van der Waals surface area contributed by atoms with Crippen molar-refractivity contribution in [2.75, 3.05) is 0 Å². The molecule has 1 aromatic rings. The van der Waals surface area contributed by atoms with Crippen molar-refractivity contribution in [1.82, 2.24) is 10.4 Å². The van der Waals surface area contributed by atoms with Crippen LogP contribution in [0.3, 0.4) is 0 Å². The molecule has 27 heavy (non-hydrogen) atoms. The van der Waals surface area contributed by atoms with Crippen LogP contribution >= 0.6 is 0 Å². The Kier molecular flexibility index (Phi) is 4.80. The van der Waals surface area contributed by atoms with E-state index in [9.17, 15) is 18.4 Å². The van der Waals surface area contributed by atoms with Crippen LogP contribution in [-0.2, 0) is 14.3 Å². The van der Waals surface area contributed by atoms with Gasteiger partial charge < -0.3 is 4.74 Å². The highest BCUT2D eigenvalue weighted by Gasteiger charge is 2.71. The fourth-order valence-electron chi connectivity index (χ4n) is 4.37. The van der Waals surface area contributed by atoms with Crippen LogP contribution in [0.2, 0.25) is 0 Å². The number of carbonyl (C=O) groups excluding carboxylic acids is 2. The van der Waals surface area contributed by atoms with E-state index in [1.54, 1.807) is 31.3 Å². The van der Waals surface area contributed by atoms with Gasteiger partial charge in [-0.25, -0.2) is 14.6 Å². The molecule has 0 unspecified atom stereocenters. The summed E-state index contributed by atoms with van der Waals surface area (Å²) in [6.45, 7) is 4.94. The first kappa shape index (κ1) is 19.4. The lowest BCUT2D eigenvalue weighted by atomic mass is 9.56. The van der Waals surface area contributed by atoms with Crippen LogP contribution in [0.5, 0.6) is 0 Å². The van der Waals surface area contributed by atoms with Crippen molar-refractivity contribution in [2.45, 2.75) is 39.2 Å². The molecule has 0 radical (unpaired) electrons. The van der Waals surface area contributed by atoms with Crippen LogP contribution in [0.15, 0.2) is 24.4 Å². The van der Waals surface area contributed by atoms with Crippen LogP contribution < -0.4 is 11.3 Å². The number of carbonyl (C=O) groups is 2. The highest BCUT2D eigenvalue weighted by molar-refractivity contribution is 6.04. The summed E-state index contributed by atoms with van der Waals surface area (Å²) in [5.41, 5.74) is 1.47. The van der Waals surface area contributed by atoms with E-state index in [2.05, 4.69) is 4.98 Å². The Morgan fingerprint density at radius 2 is 2.11 bits per heavy atom. The lowest BCUT2D eigenvalue weighted by Crippen LogP contribution is -2.60. The van der Waals surface area contributed by atoms with Gasteiger partial charge in [-0.3, -0.25) is 20.0 Å². The first-order chi connectivity index (χ1) is 12.6. The summed E-state index contributed by atoms with van der Waals surface area (Å²) in [4.78, 5) is 29.2. The third-order valence-electron chi connectivity index (χ3n) is 5.86. The van der Waals surface area contributed by atoms with E-state index in [1.165, 1.54) is 6.92 Å². The number of nitrogens with zero attached hydrogens (tertiary/aromatic N) is 1. The van der Waals surface area contributed by atoms with Gasteiger partial charge in [0.15, 0.2) is 5.41 Å². The molecule has 2 heterocycles. The number of nitrogens with one attached hydrogen (secondary N) is 1. The zero-order chi connectivity index (χ0) is 20.0. The van der Waals surface area contributed by atoms with E-state index in [0.717, 1.165) is 5.56 Å². The number of amides is 1. The van der Waals surface area contributed by atoms with Gasteiger partial charge in [0.25, 0.3) is 11.8 Å². The number of hydrogen-bond donors (Lipinski definition) is 2. The monoisotopic (exact) mass is 379 g/mol. The predicted molar refractivity (Wildman–Crippen MR) is 94.0 cm³/mol. The van der Waals surface area contributed by atoms with Gasteiger partial charge in [0.1, 0.15) is 6.10 Å². The van der Waals surface area contributed by atoms with Crippen molar-refractivity contribution in [1.29, 1.82) is 0 Å². The van der Waals surface area contributed by atoms with Crippen molar-refractivity contribution >= 4 is 18.0 Å². The molecule has 146 valence electrons. The van der Waals surface area contributed by atoms with Crippen LogP contribution in [0.4, 0.5) is 8.78 Å². The molecule has 3 rings (SSSR count). The second-order valence-electron chi connectivity index (χ2n) is 7.50. The number of alkyl halides is 2. The SMILES string of the molecule is Cc1ccc(/C=C/[C@@H]2[C@@H]3[C@@H](C)OC(=O)[C@]3(C(=O)NN)CC(F)(F)[C@H]2C)nc1. The number of rotatable bonds is 3. The molecular weight excluding hydrogens is 356 g/mol. The number of nitrogens with two attached hydrogens (primary N) is 1. The molecule has 0 bridgehead atoms. The smallest absolute Gasteiger partial charge is 0.322 e. The van der Waals surface area contributed by atoms with Crippen LogP contribution in [0.25, 0.3) is 6.08 Å². The maximum Gasteiger partial charge on any atom is 0.322 e. The average Bonchev–Trinajstić information content (AvgIpc) is 2.86. The number of hydrogen-bond acceptors (Lipinski definition) is 5. The van der Waals surface area contributed by atoms with E-state index >= 15 is 0 Å². The minimum absolute atomic E-state index is 0.605. The van der Waals surface area contributed by atoms with E-state index < -0.39 is 53.5 Å². The van der Waals surface area contributed by atoms with Crippen molar-refractivity contribution in [3.8, 4) is 0 Å². The Morgan fingerprint density at radius 1 is 1.41 bits per heavy atom. The summed E-state index contributed by atoms with van der Waals surface area (Å²) in [7, 11) is 0. The summed E-state index contributed by atoms with van der Waals surface area (Å²) in [5, 5.41) is 0. The molecule has 6 nitrogen and oxygen atoms in total. The van der Waals surface area contributed by atoms with Crippen molar-refractivity contribution in [3.05, 3.63) is 35.7 Å². The first-order valence-electron chi connectivity index (χ1n) is 8.84. The summed E-state index contributed by atoms with van der Waals surface area (Å²) < 4.78 is 34.9. The number of halogens is 2. The standard InChI is InChI=1S/C19H23F2N3O3/c1-10-4-5-13(23-8-10)6-7-14-11(2)19(20,21)9-18(16(25)24-22)15(14)12(3)27-17(18)26/h4-8,11-12,14-15H,9,22H2,1-3H3,(H,24,25)/b7-6+/t11-,12+,14-,15-,18+/m0/s1. The highest BCUT2D eigenvalue weighted by atomic mass is 19.3. The summed E-state index contributed by atoms with van der Waals surface area (Å²) >= 11 is 0. The van der Waals surface area contributed by atoms with Gasteiger partial charge in [-0.1, -0.05) is 19.1 Å².